The predicted octanol–water partition coefficient (Wildman–Crippen LogP) is 3.53. The Labute approximate surface area is 96.7 Å². The van der Waals surface area contributed by atoms with E-state index in [0.717, 1.165) is 21.3 Å². The minimum absolute atomic E-state index is 0.298. The van der Waals surface area contributed by atoms with Gasteiger partial charge in [0.2, 0.25) is 0 Å². The van der Waals surface area contributed by atoms with Gasteiger partial charge in [-0.05, 0) is 46.6 Å². The van der Waals surface area contributed by atoms with Gasteiger partial charge in [0.1, 0.15) is 5.75 Å². The lowest BCUT2D eigenvalue weighted by Crippen LogP contribution is -1.85. The zero-order valence-electron chi connectivity index (χ0n) is 8.24. The fourth-order valence-electron chi connectivity index (χ4n) is 1.40. The molecule has 0 saturated heterocycles. The van der Waals surface area contributed by atoms with E-state index >= 15 is 0 Å². The predicted molar refractivity (Wildman–Crippen MR) is 63.8 cm³/mol. The highest BCUT2D eigenvalue weighted by molar-refractivity contribution is 9.10. The molecule has 76 valence electrons. The number of para-hydroxylation sites is 1. The highest BCUT2D eigenvalue weighted by Crippen LogP contribution is 2.30. The summed E-state index contributed by atoms with van der Waals surface area (Å²) in [6, 6.07) is 9.42. The summed E-state index contributed by atoms with van der Waals surface area (Å²) in [4.78, 5) is 4.24. The van der Waals surface area contributed by atoms with E-state index in [4.69, 9.17) is 0 Å². The van der Waals surface area contributed by atoms with E-state index in [1.807, 2.05) is 37.3 Å². The fraction of sp³-hybridized carbons (Fsp3) is 0.0833. The number of phenols is 1. The Bertz CT molecular complexity index is 479. The summed E-state index contributed by atoms with van der Waals surface area (Å²) in [7, 11) is 0. The number of aryl methyl sites for hydroxylation is 1. The van der Waals surface area contributed by atoms with Gasteiger partial charge in [0.15, 0.2) is 0 Å². The fourth-order valence-corrected chi connectivity index (χ4v) is 1.64. The lowest BCUT2D eigenvalue weighted by Gasteiger charge is -2.06. The van der Waals surface area contributed by atoms with E-state index in [-0.39, 0.29) is 0 Å². The second kappa shape index (κ2) is 4.03. The molecular weight excluding hydrogens is 254 g/mol. The van der Waals surface area contributed by atoms with Gasteiger partial charge in [-0.3, -0.25) is 4.98 Å². The van der Waals surface area contributed by atoms with Crippen LogP contribution >= 0.6 is 15.9 Å². The molecule has 0 saturated carbocycles. The third kappa shape index (κ3) is 2.02. The van der Waals surface area contributed by atoms with Gasteiger partial charge < -0.3 is 5.11 Å². The van der Waals surface area contributed by atoms with Gasteiger partial charge in [-0.1, -0.05) is 12.1 Å². The van der Waals surface area contributed by atoms with Crippen molar-refractivity contribution in [2.75, 3.05) is 0 Å². The number of rotatable bonds is 1. The highest BCUT2D eigenvalue weighted by Gasteiger charge is 2.06. The molecule has 1 aromatic heterocycles. The van der Waals surface area contributed by atoms with Gasteiger partial charge in [-0.2, -0.15) is 0 Å². The quantitative estimate of drug-likeness (QED) is 0.854. The van der Waals surface area contributed by atoms with E-state index in [2.05, 4.69) is 20.9 Å². The molecule has 2 aromatic rings. The molecule has 2 rings (SSSR count). The molecule has 1 heterocycles. The molecule has 0 aliphatic rings. The number of aromatic hydroxyl groups is 1. The number of halogens is 1. The van der Waals surface area contributed by atoms with Crippen molar-refractivity contribution in [3.63, 3.8) is 0 Å². The summed E-state index contributed by atoms with van der Waals surface area (Å²) >= 11 is 3.33. The smallest absolute Gasteiger partial charge is 0.127 e. The maximum Gasteiger partial charge on any atom is 0.127 e. The minimum atomic E-state index is 0.298. The van der Waals surface area contributed by atoms with Gasteiger partial charge in [-0.25, -0.2) is 0 Å². The van der Waals surface area contributed by atoms with Crippen LogP contribution in [0.15, 0.2) is 41.0 Å². The standard InChI is InChI=1S/C12H10BrNO/c1-8-3-2-4-10(12(8)15)11-6-5-9(13)7-14-11/h2-7,15H,1H3. The van der Waals surface area contributed by atoms with Crippen LogP contribution in [-0.4, -0.2) is 10.1 Å². The van der Waals surface area contributed by atoms with Gasteiger partial charge in [0, 0.05) is 16.2 Å². The third-order valence-electron chi connectivity index (χ3n) is 2.24. The second-order valence-electron chi connectivity index (χ2n) is 3.33. The van der Waals surface area contributed by atoms with Crippen LogP contribution in [0.2, 0.25) is 0 Å². The van der Waals surface area contributed by atoms with Crippen LogP contribution in [0.25, 0.3) is 11.3 Å². The molecule has 0 unspecified atom stereocenters. The second-order valence-corrected chi connectivity index (χ2v) is 4.25. The Morgan fingerprint density at radius 3 is 2.67 bits per heavy atom. The van der Waals surface area contributed by atoms with Gasteiger partial charge in [0.05, 0.1) is 5.69 Å². The number of hydrogen-bond donors (Lipinski definition) is 1. The SMILES string of the molecule is Cc1cccc(-c2ccc(Br)cn2)c1O. The molecule has 15 heavy (non-hydrogen) atoms. The molecule has 1 N–H and O–H groups in total. The summed E-state index contributed by atoms with van der Waals surface area (Å²) < 4.78 is 0.929. The molecular formula is C12H10BrNO. The first-order chi connectivity index (χ1) is 7.18. The Balaban J connectivity index is 2.54. The third-order valence-corrected chi connectivity index (χ3v) is 2.71. The first-order valence-corrected chi connectivity index (χ1v) is 5.38. The molecule has 0 radical (unpaired) electrons. The van der Waals surface area contributed by atoms with E-state index in [1.165, 1.54) is 0 Å². The zero-order valence-corrected chi connectivity index (χ0v) is 9.82. The molecule has 0 fully saturated rings. The topological polar surface area (TPSA) is 33.1 Å². The van der Waals surface area contributed by atoms with E-state index in [9.17, 15) is 5.11 Å². The molecule has 2 nitrogen and oxygen atoms in total. The minimum Gasteiger partial charge on any atom is -0.507 e. The molecule has 0 aliphatic carbocycles. The van der Waals surface area contributed by atoms with E-state index in [1.54, 1.807) is 6.20 Å². The van der Waals surface area contributed by atoms with Gasteiger partial charge in [-0.15, -0.1) is 0 Å². The van der Waals surface area contributed by atoms with E-state index in [0.29, 0.717) is 5.75 Å². The lowest BCUT2D eigenvalue weighted by molar-refractivity contribution is 0.473. The molecule has 0 aliphatic heterocycles. The van der Waals surface area contributed by atoms with Crippen LogP contribution in [-0.2, 0) is 0 Å². The normalized spacial score (nSPS) is 10.3. The van der Waals surface area contributed by atoms with Crippen LogP contribution in [0.5, 0.6) is 5.75 Å². The van der Waals surface area contributed by atoms with Crippen molar-refractivity contribution in [3.8, 4) is 17.0 Å². The van der Waals surface area contributed by atoms with Gasteiger partial charge >= 0.3 is 0 Å². The number of benzene rings is 1. The monoisotopic (exact) mass is 263 g/mol. The Kier molecular flexibility index (Phi) is 2.73. The van der Waals surface area contributed by atoms with Crippen molar-refractivity contribution in [2.45, 2.75) is 6.92 Å². The zero-order chi connectivity index (χ0) is 10.8. The summed E-state index contributed by atoms with van der Waals surface area (Å²) in [6.45, 7) is 1.87. The Hall–Kier alpha value is -1.35. The molecule has 0 bridgehead atoms. The number of pyridine rings is 1. The molecule has 0 atom stereocenters. The maximum absolute atomic E-state index is 9.87. The Morgan fingerprint density at radius 1 is 1.20 bits per heavy atom. The maximum atomic E-state index is 9.87. The van der Waals surface area contributed by atoms with Crippen molar-refractivity contribution >= 4 is 15.9 Å². The molecule has 3 heteroatoms. The van der Waals surface area contributed by atoms with Crippen molar-refractivity contribution < 1.29 is 5.11 Å². The summed E-state index contributed by atoms with van der Waals surface area (Å²) in [5, 5.41) is 9.87. The Morgan fingerprint density at radius 2 is 2.00 bits per heavy atom. The first kappa shape index (κ1) is 10.2. The number of nitrogens with zero attached hydrogens (tertiary/aromatic N) is 1. The summed E-state index contributed by atoms with van der Waals surface area (Å²) in [5.74, 6) is 0.298. The van der Waals surface area contributed by atoms with E-state index < -0.39 is 0 Å². The molecule has 1 aromatic carbocycles. The average Bonchev–Trinajstić information content (AvgIpc) is 2.24. The van der Waals surface area contributed by atoms with Crippen molar-refractivity contribution in [3.05, 3.63) is 46.6 Å². The lowest BCUT2D eigenvalue weighted by atomic mass is 10.1. The first-order valence-electron chi connectivity index (χ1n) is 4.59. The average molecular weight is 264 g/mol. The van der Waals surface area contributed by atoms with Crippen molar-refractivity contribution in [1.82, 2.24) is 4.98 Å². The van der Waals surface area contributed by atoms with Crippen LogP contribution < -0.4 is 0 Å². The summed E-state index contributed by atoms with van der Waals surface area (Å²) in [5.41, 5.74) is 2.40. The van der Waals surface area contributed by atoms with Crippen LogP contribution in [0, 0.1) is 6.92 Å². The number of hydrogen-bond acceptors (Lipinski definition) is 2. The largest absolute Gasteiger partial charge is 0.507 e. The highest BCUT2D eigenvalue weighted by atomic mass is 79.9. The molecule has 0 amide bonds. The van der Waals surface area contributed by atoms with Crippen LogP contribution in [0.1, 0.15) is 5.56 Å². The summed E-state index contributed by atoms with van der Waals surface area (Å²) in [6.07, 6.45) is 1.72. The van der Waals surface area contributed by atoms with Crippen LogP contribution in [0.4, 0.5) is 0 Å². The van der Waals surface area contributed by atoms with Crippen LogP contribution in [0.3, 0.4) is 0 Å². The van der Waals surface area contributed by atoms with Gasteiger partial charge in [0.25, 0.3) is 0 Å². The molecule has 0 spiro atoms. The van der Waals surface area contributed by atoms with Crippen molar-refractivity contribution in [1.29, 1.82) is 0 Å². The number of aromatic nitrogens is 1. The van der Waals surface area contributed by atoms with Crippen molar-refractivity contribution in [2.24, 2.45) is 0 Å². The number of phenolic OH excluding ortho intramolecular Hbond substituents is 1.